The molecule has 0 heterocycles. The molecular weight excluding hydrogens is 386 g/mol. The van der Waals surface area contributed by atoms with E-state index in [1.165, 1.54) is 0 Å². The van der Waals surface area contributed by atoms with Gasteiger partial charge in [0, 0.05) is 0 Å². The predicted octanol–water partition coefficient (Wildman–Crippen LogP) is 4.31. The normalized spacial score (nSPS) is 12.9. The molecule has 0 N–H and O–H groups in total. The number of unbranched alkanes of at least 4 members (excludes halogenated alkanes) is 3. The lowest BCUT2D eigenvalue weighted by Gasteiger charge is -2.26. The highest BCUT2D eigenvalue weighted by Crippen LogP contribution is 2.45. The molecule has 20 heavy (non-hydrogen) atoms. The van der Waals surface area contributed by atoms with Crippen LogP contribution in [0.1, 0.15) is 32.6 Å². The topological polar surface area (TPSA) is 61.2 Å². The standard InChI is InChI=1S/C10H16Cl4N2O2S2/c1-2-3-4-5-8-20(17,18)16(7-6-15)19-10(13,14)9(11)12/h9H,2-5,7-8H2,1H3. The zero-order valence-corrected chi connectivity index (χ0v) is 15.5. The van der Waals surface area contributed by atoms with E-state index in [-0.39, 0.29) is 12.3 Å². The van der Waals surface area contributed by atoms with Crippen molar-refractivity contribution in [3.05, 3.63) is 0 Å². The molecular formula is C10H16Cl4N2O2S2. The molecule has 10 heteroatoms. The first kappa shape index (κ1) is 20.9. The molecule has 0 saturated heterocycles. The quantitative estimate of drug-likeness (QED) is 0.237. The lowest BCUT2D eigenvalue weighted by Crippen LogP contribution is -2.33. The maximum absolute atomic E-state index is 12.1. The molecule has 0 aliphatic rings. The minimum atomic E-state index is -3.64. The van der Waals surface area contributed by atoms with E-state index >= 15 is 0 Å². The second kappa shape index (κ2) is 9.83. The fourth-order valence-corrected chi connectivity index (χ4v) is 4.75. The van der Waals surface area contributed by atoms with Crippen molar-refractivity contribution in [2.75, 3.05) is 12.3 Å². The van der Waals surface area contributed by atoms with E-state index in [1.807, 2.05) is 6.92 Å². The highest BCUT2D eigenvalue weighted by Gasteiger charge is 2.39. The Hall–Kier alpha value is 0.910. The van der Waals surface area contributed by atoms with Gasteiger partial charge in [-0.2, -0.15) is 5.26 Å². The monoisotopic (exact) mass is 400 g/mol. The third-order valence-electron chi connectivity index (χ3n) is 2.24. The van der Waals surface area contributed by atoms with E-state index < -0.39 is 18.5 Å². The van der Waals surface area contributed by atoms with Gasteiger partial charge in [0.25, 0.3) is 0 Å². The molecule has 0 unspecified atom stereocenters. The highest BCUT2D eigenvalue weighted by molar-refractivity contribution is 8.11. The van der Waals surface area contributed by atoms with Crippen molar-refractivity contribution in [1.29, 1.82) is 5.26 Å². The summed E-state index contributed by atoms with van der Waals surface area (Å²) in [4.78, 5) is -1.20. The van der Waals surface area contributed by atoms with Crippen LogP contribution in [-0.4, -0.2) is 32.9 Å². The average molecular weight is 402 g/mol. The van der Waals surface area contributed by atoms with Gasteiger partial charge in [-0.15, -0.1) is 26.9 Å². The molecule has 0 aliphatic heterocycles. The summed E-state index contributed by atoms with van der Waals surface area (Å²) in [6.45, 7) is 1.66. The van der Waals surface area contributed by atoms with Crippen molar-refractivity contribution < 1.29 is 8.42 Å². The lowest BCUT2D eigenvalue weighted by atomic mass is 10.2. The van der Waals surface area contributed by atoms with Gasteiger partial charge in [-0.1, -0.05) is 49.4 Å². The van der Waals surface area contributed by atoms with Crippen molar-refractivity contribution in [2.24, 2.45) is 0 Å². The van der Waals surface area contributed by atoms with E-state index in [2.05, 4.69) is 0 Å². The molecule has 0 aliphatic carbocycles. The molecule has 0 amide bonds. The number of rotatable bonds is 10. The van der Waals surface area contributed by atoms with Crippen LogP contribution in [0, 0.1) is 11.3 Å². The molecule has 0 rings (SSSR count). The highest BCUT2D eigenvalue weighted by atomic mass is 35.5. The molecule has 0 atom stereocenters. The summed E-state index contributed by atoms with van der Waals surface area (Å²) >= 11 is 23.4. The van der Waals surface area contributed by atoms with Crippen molar-refractivity contribution >= 4 is 68.4 Å². The Morgan fingerprint density at radius 2 is 1.90 bits per heavy atom. The van der Waals surface area contributed by atoms with Crippen LogP contribution in [0.5, 0.6) is 0 Å². The average Bonchev–Trinajstić information content (AvgIpc) is 2.34. The summed E-state index contributed by atoms with van der Waals surface area (Å²) in [5.74, 6) is -0.0687. The fourth-order valence-electron chi connectivity index (χ4n) is 1.23. The van der Waals surface area contributed by atoms with Crippen LogP contribution in [-0.2, 0) is 10.0 Å². The second-order valence-electron chi connectivity index (χ2n) is 3.95. The maximum atomic E-state index is 12.1. The number of hydrogen-bond donors (Lipinski definition) is 0. The first-order chi connectivity index (χ1) is 9.17. The Morgan fingerprint density at radius 1 is 1.30 bits per heavy atom. The summed E-state index contributed by atoms with van der Waals surface area (Å²) < 4.78 is 23.4. The molecule has 0 aromatic carbocycles. The second-order valence-corrected chi connectivity index (χ2v) is 10.4. The number of halogens is 4. The number of nitriles is 1. The van der Waals surface area contributed by atoms with Crippen LogP contribution in [0.2, 0.25) is 0 Å². The molecule has 0 fully saturated rings. The Balaban J connectivity index is 4.77. The Morgan fingerprint density at radius 3 is 2.35 bits per heavy atom. The van der Waals surface area contributed by atoms with Gasteiger partial charge < -0.3 is 0 Å². The first-order valence-corrected chi connectivity index (χ1v) is 9.91. The van der Waals surface area contributed by atoms with Crippen LogP contribution in [0.15, 0.2) is 0 Å². The van der Waals surface area contributed by atoms with Crippen molar-refractivity contribution in [3.8, 4) is 6.07 Å². The third-order valence-corrected chi connectivity index (χ3v) is 7.73. The SMILES string of the molecule is CCCCCCS(=O)(=O)N(CC#N)SC(Cl)(Cl)C(Cl)Cl. The minimum Gasteiger partial charge on any atom is -0.211 e. The number of alkyl halides is 4. The number of nitrogens with zero attached hydrogens (tertiary/aromatic N) is 2. The Kier molecular flexibility index (Phi) is 10.3. The summed E-state index contributed by atoms with van der Waals surface area (Å²) in [7, 11) is -3.64. The van der Waals surface area contributed by atoms with Crippen molar-refractivity contribution in [3.63, 3.8) is 0 Å². The third kappa shape index (κ3) is 7.79. The van der Waals surface area contributed by atoms with Gasteiger partial charge in [0.1, 0.15) is 6.54 Å². The van der Waals surface area contributed by atoms with Gasteiger partial charge in [-0.25, -0.2) is 8.42 Å². The van der Waals surface area contributed by atoms with E-state index in [9.17, 15) is 8.42 Å². The van der Waals surface area contributed by atoms with Gasteiger partial charge in [-0.3, -0.25) is 0 Å². The first-order valence-electron chi connectivity index (χ1n) is 5.89. The van der Waals surface area contributed by atoms with E-state index in [0.717, 1.165) is 23.0 Å². The molecule has 0 radical (unpaired) electrons. The molecule has 0 bridgehead atoms. The van der Waals surface area contributed by atoms with E-state index in [1.54, 1.807) is 6.07 Å². The fraction of sp³-hybridized carbons (Fsp3) is 0.900. The zero-order valence-electron chi connectivity index (χ0n) is 10.9. The Bertz CT molecular complexity index is 423. The summed E-state index contributed by atoms with van der Waals surface area (Å²) in [6.07, 6.45) is 3.29. The smallest absolute Gasteiger partial charge is 0.211 e. The lowest BCUT2D eigenvalue weighted by molar-refractivity contribution is 0.550. The molecule has 118 valence electrons. The molecule has 0 aromatic rings. The van der Waals surface area contributed by atoms with Crippen molar-refractivity contribution in [2.45, 2.75) is 41.1 Å². The molecule has 0 aromatic heterocycles. The van der Waals surface area contributed by atoms with Gasteiger partial charge in [-0.05, 0) is 18.4 Å². The zero-order chi connectivity index (χ0) is 15.8. The van der Waals surface area contributed by atoms with Crippen LogP contribution in [0.3, 0.4) is 0 Å². The molecule has 0 spiro atoms. The Labute approximate surface area is 144 Å². The van der Waals surface area contributed by atoms with Gasteiger partial charge in [0.2, 0.25) is 13.7 Å². The largest absolute Gasteiger partial charge is 0.224 e. The molecule has 0 saturated carbocycles. The summed E-state index contributed by atoms with van der Waals surface area (Å²) in [5, 5.41) is 8.72. The maximum Gasteiger partial charge on any atom is 0.224 e. The number of sulfonamides is 1. The van der Waals surface area contributed by atoms with Crippen LogP contribution in [0.4, 0.5) is 0 Å². The van der Waals surface area contributed by atoms with E-state index in [0.29, 0.717) is 18.4 Å². The van der Waals surface area contributed by atoms with Crippen molar-refractivity contribution in [1.82, 2.24) is 3.71 Å². The van der Waals surface area contributed by atoms with Gasteiger partial charge in [0.15, 0.2) is 4.84 Å². The minimum absolute atomic E-state index is 0.0687. The van der Waals surface area contributed by atoms with Gasteiger partial charge in [0.05, 0.1) is 11.8 Å². The molecule has 4 nitrogen and oxygen atoms in total. The summed E-state index contributed by atoms with van der Waals surface area (Å²) in [5.41, 5.74) is 0. The van der Waals surface area contributed by atoms with Crippen LogP contribution in [0.25, 0.3) is 0 Å². The summed E-state index contributed by atoms with van der Waals surface area (Å²) in [6, 6.07) is 1.76. The number of hydrogen-bond acceptors (Lipinski definition) is 4. The van der Waals surface area contributed by atoms with Crippen LogP contribution < -0.4 is 0 Å². The predicted molar refractivity (Wildman–Crippen MR) is 87.8 cm³/mol. The van der Waals surface area contributed by atoms with Crippen LogP contribution >= 0.6 is 58.4 Å². The van der Waals surface area contributed by atoms with Gasteiger partial charge >= 0.3 is 0 Å². The van der Waals surface area contributed by atoms with E-state index in [4.69, 9.17) is 51.7 Å².